The van der Waals surface area contributed by atoms with Crippen molar-refractivity contribution < 1.29 is 4.74 Å². The van der Waals surface area contributed by atoms with Crippen molar-refractivity contribution in [1.29, 1.82) is 0 Å². The van der Waals surface area contributed by atoms with Crippen molar-refractivity contribution in [3.05, 3.63) is 23.3 Å². The highest BCUT2D eigenvalue weighted by Crippen LogP contribution is 2.40. The lowest BCUT2D eigenvalue weighted by atomic mass is 9.89. The fourth-order valence-corrected chi connectivity index (χ4v) is 2.35. The molecule has 88 valence electrons. The van der Waals surface area contributed by atoms with Crippen LogP contribution in [0.3, 0.4) is 0 Å². The molecule has 0 radical (unpaired) electrons. The fourth-order valence-electron chi connectivity index (χ4n) is 2.35. The van der Waals surface area contributed by atoms with Gasteiger partial charge in [0.2, 0.25) is 0 Å². The monoisotopic (exact) mass is 219 g/mol. The molecule has 2 heteroatoms. The zero-order valence-corrected chi connectivity index (χ0v) is 10.6. The Morgan fingerprint density at radius 1 is 1.12 bits per heavy atom. The van der Waals surface area contributed by atoms with Gasteiger partial charge >= 0.3 is 0 Å². The zero-order valence-electron chi connectivity index (χ0n) is 10.6. The number of anilines is 1. The maximum absolute atomic E-state index is 5.84. The van der Waals surface area contributed by atoms with Gasteiger partial charge in [-0.15, -0.1) is 0 Å². The second kappa shape index (κ2) is 4.36. The van der Waals surface area contributed by atoms with Crippen molar-refractivity contribution in [3.63, 3.8) is 0 Å². The summed E-state index contributed by atoms with van der Waals surface area (Å²) in [5, 5.41) is 3.40. The normalized spacial score (nSPS) is 14.6. The number of hydrogen-bond donors (Lipinski definition) is 1. The van der Waals surface area contributed by atoms with Crippen LogP contribution in [0.4, 0.5) is 5.69 Å². The van der Waals surface area contributed by atoms with Crippen molar-refractivity contribution >= 4 is 5.69 Å². The fraction of sp³-hybridized carbons (Fsp3) is 0.571. The lowest BCUT2D eigenvalue weighted by molar-refractivity contribution is 0.318. The number of rotatable bonds is 2. The van der Waals surface area contributed by atoms with E-state index in [4.69, 9.17) is 4.74 Å². The molecule has 1 aliphatic heterocycles. The van der Waals surface area contributed by atoms with Crippen LogP contribution in [0.25, 0.3) is 0 Å². The topological polar surface area (TPSA) is 21.3 Å². The van der Waals surface area contributed by atoms with Crippen molar-refractivity contribution in [3.8, 4) is 5.75 Å². The first-order chi connectivity index (χ1) is 7.61. The van der Waals surface area contributed by atoms with Gasteiger partial charge < -0.3 is 10.1 Å². The molecule has 0 aromatic heterocycles. The van der Waals surface area contributed by atoms with Crippen LogP contribution >= 0.6 is 0 Å². The third kappa shape index (κ3) is 1.89. The van der Waals surface area contributed by atoms with E-state index in [0.717, 1.165) is 24.6 Å². The molecular formula is C14H21NO. The molecule has 1 heterocycles. The maximum atomic E-state index is 5.84. The lowest BCUT2D eigenvalue weighted by Gasteiger charge is -2.26. The van der Waals surface area contributed by atoms with Gasteiger partial charge in [-0.05, 0) is 23.5 Å². The van der Waals surface area contributed by atoms with Gasteiger partial charge in [0, 0.05) is 12.1 Å². The van der Waals surface area contributed by atoms with Crippen molar-refractivity contribution in [2.45, 2.75) is 39.5 Å². The molecule has 16 heavy (non-hydrogen) atoms. The van der Waals surface area contributed by atoms with E-state index in [1.54, 1.807) is 0 Å². The molecule has 0 saturated carbocycles. The Morgan fingerprint density at radius 3 is 2.50 bits per heavy atom. The van der Waals surface area contributed by atoms with E-state index in [0.29, 0.717) is 11.8 Å². The minimum atomic E-state index is 0.507. The minimum absolute atomic E-state index is 0.507. The van der Waals surface area contributed by atoms with E-state index in [9.17, 15) is 0 Å². The molecule has 2 rings (SSSR count). The van der Waals surface area contributed by atoms with Crippen LogP contribution in [0, 0.1) is 0 Å². The standard InChI is InChI=1S/C14H21NO/c1-9(2)11-5-6-12-14(13(11)10(3)4)16-8-7-15-12/h5-6,9-10,15H,7-8H2,1-4H3. The predicted octanol–water partition coefficient (Wildman–Crippen LogP) is 3.74. The third-order valence-electron chi connectivity index (χ3n) is 3.09. The first-order valence-corrected chi connectivity index (χ1v) is 6.14. The Balaban J connectivity index is 2.57. The van der Waals surface area contributed by atoms with Gasteiger partial charge in [0.25, 0.3) is 0 Å². The molecule has 1 aromatic carbocycles. The van der Waals surface area contributed by atoms with Gasteiger partial charge in [0.15, 0.2) is 0 Å². The van der Waals surface area contributed by atoms with Gasteiger partial charge in [0.05, 0.1) is 5.69 Å². The van der Waals surface area contributed by atoms with Crippen LogP contribution in [0.15, 0.2) is 12.1 Å². The van der Waals surface area contributed by atoms with E-state index in [2.05, 4.69) is 45.1 Å². The quantitative estimate of drug-likeness (QED) is 0.818. The van der Waals surface area contributed by atoms with Gasteiger partial charge in [-0.1, -0.05) is 33.8 Å². The maximum Gasteiger partial charge on any atom is 0.146 e. The smallest absolute Gasteiger partial charge is 0.146 e. The minimum Gasteiger partial charge on any atom is -0.489 e. The second-order valence-electron chi connectivity index (χ2n) is 5.03. The van der Waals surface area contributed by atoms with Crippen LogP contribution < -0.4 is 10.1 Å². The first kappa shape index (κ1) is 11.3. The molecule has 1 N–H and O–H groups in total. The summed E-state index contributed by atoms with van der Waals surface area (Å²) in [6, 6.07) is 4.39. The van der Waals surface area contributed by atoms with E-state index in [1.165, 1.54) is 11.1 Å². The van der Waals surface area contributed by atoms with Gasteiger partial charge in [-0.25, -0.2) is 0 Å². The molecule has 0 atom stereocenters. The van der Waals surface area contributed by atoms with Gasteiger partial charge in [-0.3, -0.25) is 0 Å². The van der Waals surface area contributed by atoms with Crippen LogP contribution in [-0.4, -0.2) is 13.2 Å². The molecule has 0 fully saturated rings. The van der Waals surface area contributed by atoms with E-state index in [-0.39, 0.29) is 0 Å². The average Bonchev–Trinajstić information content (AvgIpc) is 2.27. The Hall–Kier alpha value is -1.18. The Bertz CT molecular complexity index is 383. The first-order valence-electron chi connectivity index (χ1n) is 6.14. The zero-order chi connectivity index (χ0) is 11.7. The lowest BCUT2D eigenvalue weighted by Crippen LogP contribution is -2.20. The average molecular weight is 219 g/mol. The van der Waals surface area contributed by atoms with Gasteiger partial charge in [-0.2, -0.15) is 0 Å². The van der Waals surface area contributed by atoms with E-state index < -0.39 is 0 Å². The Labute approximate surface area is 98.0 Å². The molecule has 0 amide bonds. The summed E-state index contributed by atoms with van der Waals surface area (Å²) in [4.78, 5) is 0. The molecule has 1 aromatic rings. The number of hydrogen-bond acceptors (Lipinski definition) is 2. The van der Waals surface area contributed by atoms with Crippen molar-refractivity contribution in [1.82, 2.24) is 0 Å². The number of fused-ring (bicyclic) bond motifs is 1. The predicted molar refractivity (Wildman–Crippen MR) is 68.6 cm³/mol. The SMILES string of the molecule is CC(C)c1ccc2c(c1C(C)C)OCCN2. The molecular weight excluding hydrogens is 198 g/mol. The molecule has 0 bridgehead atoms. The summed E-state index contributed by atoms with van der Waals surface area (Å²) in [6.07, 6.45) is 0. The molecule has 0 unspecified atom stereocenters. The summed E-state index contributed by atoms with van der Waals surface area (Å²) >= 11 is 0. The van der Waals surface area contributed by atoms with Crippen molar-refractivity contribution in [2.75, 3.05) is 18.5 Å². The third-order valence-corrected chi connectivity index (χ3v) is 3.09. The van der Waals surface area contributed by atoms with E-state index >= 15 is 0 Å². The molecule has 0 saturated heterocycles. The Kier molecular flexibility index (Phi) is 3.08. The van der Waals surface area contributed by atoms with Crippen LogP contribution in [-0.2, 0) is 0 Å². The summed E-state index contributed by atoms with van der Waals surface area (Å²) in [5.41, 5.74) is 3.94. The number of benzene rings is 1. The van der Waals surface area contributed by atoms with E-state index in [1.807, 2.05) is 0 Å². The highest BCUT2D eigenvalue weighted by Gasteiger charge is 2.20. The number of nitrogens with one attached hydrogen (secondary N) is 1. The highest BCUT2D eigenvalue weighted by molar-refractivity contribution is 5.64. The molecule has 0 aliphatic carbocycles. The number of ether oxygens (including phenoxy) is 1. The Morgan fingerprint density at radius 2 is 1.88 bits per heavy atom. The summed E-state index contributed by atoms with van der Waals surface area (Å²) in [5.74, 6) is 2.13. The van der Waals surface area contributed by atoms with Crippen LogP contribution in [0.5, 0.6) is 5.75 Å². The van der Waals surface area contributed by atoms with Gasteiger partial charge in [0.1, 0.15) is 12.4 Å². The summed E-state index contributed by atoms with van der Waals surface area (Å²) in [6.45, 7) is 10.6. The highest BCUT2D eigenvalue weighted by atomic mass is 16.5. The molecule has 2 nitrogen and oxygen atoms in total. The largest absolute Gasteiger partial charge is 0.489 e. The molecule has 1 aliphatic rings. The van der Waals surface area contributed by atoms with Crippen LogP contribution in [0.1, 0.15) is 50.7 Å². The summed E-state index contributed by atoms with van der Waals surface area (Å²) in [7, 11) is 0. The summed E-state index contributed by atoms with van der Waals surface area (Å²) < 4.78 is 5.84. The van der Waals surface area contributed by atoms with Crippen molar-refractivity contribution in [2.24, 2.45) is 0 Å². The second-order valence-corrected chi connectivity index (χ2v) is 5.03. The molecule has 0 spiro atoms. The van der Waals surface area contributed by atoms with Crippen LogP contribution in [0.2, 0.25) is 0 Å².